The number of hydrogen-bond acceptors (Lipinski definition) is 6. The maximum atomic E-state index is 13.2. The molecule has 1 fully saturated rings. The predicted molar refractivity (Wildman–Crippen MR) is 123 cm³/mol. The van der Waals surface area contributed by atoms with E-state index in [1.54, 1.807) is 16.7 Å². The highest BCUT2D eigenvalue weighted by atomic mass is 35.5. The molecule has 4 heterocycles. The molecule has 3 aromatic heterocycles. The summed E-state index contributed by atoms with van der Waals surface area (Å²) in [7, 11) is 0. The van der Waals surface area contributed by atoms with Crippen molar-refractivity contribution in [2.24, 2.45) is 0 Å². The molecule has 0 aliphatic carbocycles. The van der Waals surface area contributed by atoms with Gasteiger partial charge in [-0.15, -0.1) is 0 Å². The Morgan fingerprint density at radius 3 is 2.59 bits per heavy atom. The Morgan fingerprint density at radius 1 is 1.06 bits per heavy atom. The molecule has 4 aromatic rings. The molecular weight excluding hydrogens is 451 g/mol. The van der Waals surface area contributed by atoms with E-state index in [0.717, 1.165) is 36.1 Å². The number of ether oxygens (including phenoxy) is 1. The molecule has 0 N–H and O–H groups in total. The SMILES string of the molecule is C[C@@H]1CN(Cc2cnc3c(c2)c2ncnn2c(=O)n3Cc2ccc(Cl)cc2Cl)C[C@H](C)O1. The van der Waals surface area contributed by atoms with Gasteiger partial charge in [-0.05, 0) is 43.2 Å². The number of fused-ring (bicyclic) bond motifs is 3. The zero-order valence-electron chi connectivity index (χ0n) is 17.7. The lowest BCUT2D eigenvalue weighted by Gasteiger charge is -2.35. The summed E-state index contributed by atoms with van der Waals surface area (Å²) in [6.45, 7) is 6.87. The van der Waals surface area contributed by atoms with Crippen LogP contribution < -0.4 is 5.69 Å². The van der Waals surface area contributed by atoms with Crippen LogP contribution in [0, 0.1) is 0 Å². The van der Waals surface area contributed by atoms with E-state index in [-0.39, 0.29) is 24.4 Å². The van der Waals surface area contributed by atoms with Crippen LogP contribution in [0.2, 0.25) is 10.0 Å². The molecule has 166 valence electrons. The summed E-state index contributed by atoms with van der Waals surface area (Å²) in [6, 6.07) is 7.26. The Balaban J connectivity index is 1.58. The van der Waals surface area contributed by atoms with E-state index in [9.17, 15) is 4.79 Å². The smallest absolute Gasteiger partial charge is 0.352 e. The van der Waals surface area contributed by atoms with Gasteiger partial charge in [0.1, 0.15) is 12.0 Å². The summed E-state index contributed by atoms with van der Waals surface area (Å²) in [5.74, 6) is 0. The van der Waals surface area contributed by atoms with Gasteiger partial charge in [0, 0.05) is 35.9 Å². The average Bonchev–Trinajstić information content (AvgIpc) is 3.22. The highest BCUT2D eigenvalue weighted by Crippen LogP contribution is 2.24. The van der Waals surface area contributed by atoms with Crippen LogP contribution in [-0.4, -0.2) is 54.3 Å². The van der Waals surface area contributed by atoms with Gasteiger partial charge < -0.3 is 4.74 Å². The number of hydrogen-bond donors (Lipinski definition) is 0. The fourth-order valence-electron chi connectivity index (χ4n) is 4.37. The maximum Gasteiger partial charge on any atom is 0.352 e. The zero-order chi connectivity index (χ0) is 22.4. The molecule has 1 saturated heterocycles. The van der Waals surface area contributed by atoms with E-state index in [1.165, 1.54) is 10.8 Å². The van der Waals surface area contributed by atoms with Crippen LogP contribution in [0.3, 0.4) is 0 Å². The Bertz CT molecular complexity index is 1360. The van der Waals surface area contributed by atoms with Crippen molar-refractivity contribution < 1.29 is 4.74 Å². The van der Waals surface area contributed by atoms with Gasteiger partial charge in [0.2, 0.25) is 0 Å². The summed E-state index contributed by atoms with van der Waals surface area (Å²) in [5.41, 5.74) is 2.50. The molecule has 2 atom stereocenters. The first-order valence-corrected chi connectivity index (χ1v) is 11.2. The first kappa shape index (κ1) is 21.3. The maximum absolute atomic E-state index is 13.2. The van der Waals surface area contributed by atoms with Gasteiger partial charge in [0.05, 0.1) is 24.1 Å². The van der Waals surface area contributed by atoms with E-state index in [1.807, 2.05) is 18.3 Å². The van der Waals surface area contributed by atoms with Crippen LogP contribution in [0.1, 0.15) is 25.0 Å². The topological polar surface area (TPSA) is 77.6 Å². The number of pyridine rings is 1. The Labute approximate surface area is 194 Å². The number of aromatic nitrogens is 5. The van der Waals surface area contributed by atoms with E-state index < -0.39 is 0 Å². The van der Waals surface area contributed by atoms with Crippen molar-refractivity contribution in [1.29, 1.82) is 0 Å². The molecule has 32 heavy (non-hydrogen) atoms. The minimum atomic E-state index is -0.327. The second-order valence-electron chi connectivity index (χ2n) is 8.27. The van der Waals surface area contributed by atoms with Crippen molar-refractivity contribution in [2.75, 3.05) is 13.1 Å². The Hall–Kier alpha value is -2.52. The summed E-state index contributed by atoms with van der Waals surface area (Å²) in [5, 5.41) is 5.93. The lowest BCUT2D eigenvalue weighted by Crippen LogP contribution is -2.44. The molecule has 1 aliphatic rings. The van der Waals surface area contributed by atoms with Crippen LogP contribution in [0.4, 0.5) is 0 Å². The molecule has 0 spiro atoms. The third-order valence-electron chi connectivity index (χ3n) is 5.62. The number of benzene rings is 1. The van der Waals surface area contributed by atoms with Crippen LogP contribution in [0.15, 0.2) is 41.6 Å². The minimum Gasteiger partial charge on any atom is -0.373 e. The molecule has 10 heteroatoms. The molecule has 0 radical (unpaired) electrons. The summed E-state index contributed by atoms with van der Waals surface area (Å²) >= 11 is 12.4. The Kier molecular flexibility index (Phi) is 5.63. The standard InChI is InChI=1S/C22H22Cl2N6O2/c1-13-8-28(9-14(2)32-13)10-15-5-18-20(25-7-15)29(22(31)30-21(18)26-12-27-30)11-16-3-4-17(23)6-19(16)24/h3-7,12-14H,8-11H2,1-2H3/t13-,14+. The van der Waals surface area contributed by atoms with E-state index >= 15 is 0 Å². The molecule has 0 amide bonds. The zero-order valence-corrected chi connectivity index (χ0v) is 19.2. The Morgan fingerprint density at radius 2 is 1.84 bits per heavy atom. The monoisotopic (exact) mass is 472 g/mol. The van der Waals surface area contributed by atoms with Gasteiger partial charge in [0.25, 0.3) is 0 Å². The average molecular weight is 473 g/mol. The molecule has 8 nitrogen and oxygen atoms in total. The van der Waals surface area contributed by atoms with Crippen molar-refractivity contribution in [2.45, 2.75) is 39.1 Å². The van der Waals surface area contributed by atoms with E-state index in [0.29, 0.717) is 21.3 Å². The van der Waals surface area contributed by atoms with Crippen molar-refractivity contribution in [3.05, 3.63) is 68.4 Å². The largest absolute Gasteiger partial charge is 0.373 e. The molecule has 0 bridgehead atoms. The van der Waals surface area contributed by atoms with Crippen LogP contribution >= 0.6 is 23.2 Å². The van der Waals surface area contributed by atoms with Gasteiger partial charge in [-0.25, -0.2) is 14.8 Å². The molecule has 5 rings (SSSR count). The van der Waals surface area contributed by atoms with Gasteiger partial charge in [-0.2, -0.15) is 9.61 Å². The van der Waals surface area contributed by atoms with Gasteiger partial charge in [0.15, 0.2) is 5.65 Å². The second kappa shape index (κ2) is 8.44. The van der Waals surface area contributed by atoms with Crippen molar-refractivity contribution in [3.63, 3.8) is 0 Å². The molecule has 0 unspecified atom stereocenters. The third kappa shape index (κ3) is 3.99. The van der Waals surface area contributed by atoms with Crippen LogP contribution in [0.25, 0.3) is 16.7 Å². The highest BCUT2D eigenvalue weighted by Gasteiger charge is 2.23. The van der Waals surface area contributed by atoms with Crippen molar-refractivity contribution in [1.82, 2.24) is 29.0 Å². The van der Waals surface area contributed by atoms with Gasteiger partial charge >= 0.3 is 5.69 Å². The lowest BCUT2D eigenvalue weighted by atomic mass is 10.1. The fraction of sp³-hybridized carbons (Fsp3) is 0.364. The number of morpholine rings is 1. The number of rotatable bonds is 4. The third-order valence-corrected chi connectivity index (χ3v) is 6.21. The first-order chi connectivity index (χ1) is 15.4. The molecule has 1 aliphatic heterocycles. The first-order valence-electron chi connectivity index (χ1n) is 10.4. The molecular formula is C22H22Cl2N6O2. The van der Waals surface area contributed by atoms with E-state index in [4.69, 9.17) is 27.9 Å². The van der Waals surface area contributed by atoms with Gasteiger partial charge in [-0.1, -0.05) is 29.3 Å². The highest BCUT2D eigenvalue weighted by molar-refractivity contribution is 6.35. The lowest BCUT2D eigenvalue weighted by molar-refractivity contribution is -0.0705. The molecule has 1 aromatic carbocycles. The van der Waals surface area contributed by atoms with Crippen molar-refractivity contribution >= 4 is 39.9 Å². The van der Waals surface area contributed by atoms with E-state index in [2.05, 4.69) is 33.8 Å². The quantitative estimate of drug-likeness (QED) is 0.452. The minimum absolute atomic E-state index is 0.185. The summed E-state index contributed by atoms with van der Waals surface area (Å²) in [6.07, 6.45) is 3.57. The fourth-order valence-corrected chi connectivity index (χ4v) is 4.84. The normalized spacial score (nSPS) is 19.8. The van der Waals surface area contributed by atoms with Crippen LogP contribution in [0.5, 0.6) is 0 Å². The number of nitrogens with zero attached hydrogens (tertiary/aromatic N) is 6. The second-order valence-corrected chi connectivity index (χ2v) is 9.11. The van der Waals surface area contributed by atoms with Gasteiger partial charge in [-0.3, -0.25) is 9.47 Å². The molecule has 0 saturated carbocycles. The van der Waals surface area contributed by atoms with Crippen LogP contribution in [-0.2, 0) is 17.8 Å². The summed E-state index contributed by atoms with van der Waals surface area (Å²) < 4.78 is 8.70. The van der Waals surface area contributed by atoms with Crippen molar-refractivity contribution in [3.8, 4) is 0 Å². The predicted octanol–water partition coefficient (Wildman–Crippen LogP) is 3.40. The number of halogens is 2. The summed E-state index contributed by atoms with van der Waals surface area (Å²) in [4.78, 5) is 24.5.